The molecule has 0 unspecified atom stereocenters. The van der Waals surface area contributed by atoms with Crippen LogP contribution in [0.5, 0.6) is 11.5 Å². The Morgan fingerprint density at radius 2 is 0.825 bits per heavy atom. The summed E-state index contributed by atoms with van der Waals surface area (Å²) in [7, 11) is 0. The fourth-order valence-electron chi connectivity index (χ4n) is 8.68. The second-order valence-electron chi connectivity index (χ2n) is 14.5. The molecule has 0 fully saturated rings. The number of rotatable bonds is 7. The van der Waals surface area contributed by atoms with Crippen molar-refractivity contribution in [1.29, 1.82) is 0 Å². The van der Waals surface area contributed by atoms with Crippen LogP contribution in [0.25, 0.3) is 54.6 Å². The second kappa shape index (κ2) is 13.6. The Kier molecular flexibility index (Phi) is 7.82. The minimum atomic E-state index is 0.838. The lowest BCUT2D eigenvalue weighted by Crippen LogP contribution is -2.11. The molecule has 1 heterocycles. The zero-order valence-corrected chi connectivity index (χ0v) is 31.1. The Balaban J connectivity index is 1.12. The van der Waals surface area contributed by atoms with Gasteiger partial charge in [-0.3, -0.25) is 0 Å². The SMILES string of the molecule is c1ccc(-c2ccccc2N(c2ccccc2)c2ccc3c(c2)Oc2cccc4c2c-3cc2c3ccccc3c(N(c3ccccc3)c3ccccc3)cc42)cc1. The first-order valence-corrected chi connectivity index (χ1v) is 19.4. The summed E-state index contributed by atoms with van der Waals surface area (Å²) in [4.78, 5) is 4.71. The van der Waals surface area contributed by atoms with Gasteiger partial charge in [0.05, 0.1) is 11.4 Å². The molecule has 57 heavy (non-hydrogen) atoms. The molecule has 0 aromatic heterocycles. The van der Waals surface area contributed by atoms with Gasteiger partial charge in [-0.2, -0.15) is 0 Å². The summed E-state index contributed by atoms with van der Waals surface area (Å²) in [5.41, 5.74) is 11.1. The summed E-state index contributed by atoms with van der Waals surface area (Å²) >= 11 is 0. The molecule has 3 heteroatoms. The number of para-hydroxylation sites is 4. The molecule has 0 atom stereocenters. The Morgan fingerprint density at radius 3 is 1.51 bits per heavy atom. The highest BCUT2D eigenvalue weighted by molar-refractivity contribution is 6.25. The van der Waals surface area contributed by atoms with Crippen LogP contribution in [0.15, 0.2) is 218 Å². The largest absolute Gasteiger partial charge is 0.456 e. The molecular weight excluding hydrogens is 693 g/mol. The van der Waals surface area contributed by atoms with Gasteiger partial charge in [0.2, 0.25) is 0 Å². The average Bonchev–Trinajstić information content (AvgIpc) is 3.28. The van der Waals surface area contributed by atoms with E-state index in [4.69, 9.17) is 4.74 Å². The normalized spacial score (nSPS) is 11.6. The Labute approximate surface area is 331 Å². The van der Waals surface area contributed by atoms with Gasteiger partial charge < -0.3 is 14.5 Å². The van der Waals surface area contributed by atoms with Crippen LogP contribution in [-0.2, 0) is 0 Å². The molecule has 0 aliphatic carbocycles. The summed E-state index contributed by atoms with van der Waals surface area (Å²) in [6.45, 7) is 0. The van der Waals surface area contributed by atoms with Crippen LogP contribution >= 0.6 is 0 Å². The molecule has 0 spiro atoms. The lowest BCUT2D eigenvalue weighted by Gasteiger charge is -2.30. The van der Waals surface area contributed by atoms with E-state index < -0.39 is 0 Å². The molecule has 0 bridgehead atoms. The van der Waals surface area contributed by atoms with Crippen LogP contribution in [0.1, 0.15) is 0 Å². The predicted molar refractivity (Wildman–Crippen MR) is 239 cm³/mol. The Bertz CT molecular complexity index is 3050. The smallest absolute Gasteiger partial charge is 0.137 e. The van der Waals surface area contributed by atoms with Crippen LogP contribution < -0.4 is 14.5 Å². The molecule has 1 aliphatic heterocycles. The van der Waals surface area contributed by atoms with Crippen LogP contribution in [0.4, 0.5) is 34.1 Å². The maximum atomic E-state index is 6.94. The van der Waals surface area contributed by atoms with E-state index in [1.165, 1.54) is 38.1 Å². The van der Waals surface area contributed by atoms with Crippen LogP contribution in [-0.4, -0.2) is 0 Å². The van der Waals surface area contributed by atoms with Crippen molar-refractivity contribution in [3.8, 4) is 33.8 Å². The Hall–Kier alpha value is -7.62. The van der Waals surface area contributed by atoms with Gasteiger partial charge in [-0.1, -0.05) is 140 Å². The molecule has 10 aromatic rings. The molecule has 0 N–H and O–H groups in total. The third-order valence-corrected chi connectivity index (χ3v) is 11.2. The van der Waals surface area contributed by atoms with Gasteiger partial charge in [-0.05, 0) is 105 Å². The van der Waals surface area contributed by atoms with Gasteiger partial charge in [-0.25, -0.2) is 0 Å². The summed E-state index contributed by atoms with van der Waals surface area (Å²) < 4.78 is 6.94. The maximum Gasteiger partial charge on any atom is 0.137 e. The minimum absolute atomic E-state index is 0.838. The first-order chi connectivity index (χ1) is 28.3. The molecule has 3 nitrogen and oxygen atoms in total. The maximum absolute atomic E-state index is 6.94. The lowest BCUT2D eigenvalue weighted by molar-refractivity contribution is 0.487. The van der Waals surface area contributed by atoms with Gasteiger partial charge in [0.1, 0.15) is 11.5 Å². The third-order valence-electron chi connectivity index (χ3n) is 11.2. The van der Waals surface area contributed by atoms with Gasteiger partial charge in [0, 0.05) is 50.7 Å². The zero-order valence-electron chi connectivity index (χ0n) is 31.1. The van der Waals surface area contributed by atoms with E-state index in [0.29, 0.717) is 0 Å². The highest BCUT2D eigenvalue weighted by Gasteiger charge is 2.26. The fraction of sp³-hybridized carbons (Fsp3) is 0. The average molecular weight is 729 g/mol. The van der Waals surface area contributed by atoms with Crippen LogP contribution in [0.2, 0.25) is 0 Å². The summed E-state index contributed by atoms with van der Waals surface area (Å²) in [6, 6.07) is 77.9. The second-order valence-corrected chi connectivity index (χ2v) is 14.5. The van der Waals surface area contributed by atoms with E-state index in [-0.39, 0.29) is 0 Å². The molecule has 1 aliphatic rings. The highest BCUT2D eigenvalue weighted by atomic mass is 16.5. The number of nitrogens with zero attached hydrogens (tertiary/aromatic N) is 2. The van der Waals surface area contributed by atoms with Crippen molar-refractivity contribution in [2.24, 2.45) is 0 Å². The Morgan fingerprint density at radius 1 is 0.281 bits per heavy atom. The third kappa shape index (κ3) is 5.51. The molecule has 10 aromatic carbocycles. The lowest BCUT2D eigenvalue weighted by atomic mass is 9.88. The van der Waals surface area contributed by atoms with Crippen molar-refractivity contribution < 1.29 is 4.74 Å². The number of hydrogen-bond donors (Lipinski definition) is 0. The van der Waals surface area contributed by atoms with Crippen LogP contribution in [0.3, 0.4) is 0 Å². The first kappa shape index (κ1) is 32.8. The molecule has 0 amide bonds. The minimum Gasteiger partial charge on any atom is -0.456 e. The highest BCUT2D eigenvalue weighted by Crippen LogP contribution is 2.53. The number of ether oxygens (including phenoxy) is 1. The number of anilines is 6. The van der Waals surface area contributed by atoms with E-state index in [2.05, 4.69) is 228 Å². The van der Waals surface area contributed by atoms with E-state index in [1.54, 1.807) is 0 Å². The summed E-state index contributed by atoms with van der Waals surface area (Å²) in [6.07, 6.45) is 0. The number of benzene rings is 10. The molecule has 0 radical (unpaired) electrons. The number of hydrogen-bond acceptors (Lipinski definition) is 3. The standard InChI is InChI=1S/C54H36N2O/c1-5-18-37(19-6-1)42-26-15-16-30-50(42)56(40-24-11-4-12-25-40)41-32-33-45-49-35-47-43-27-13-14-28-44(43)51(55(38-20-7-2-8-21-38)39-22-9-3-10-23-39)36-48(47)46-29-17-31-52(54(46)49)57-53(45)34-41/h1-36H. The predicted octanol–water partition coefficient (Wildman–Crippen LogP) is 15.5. The topological polar surface area (TPSA) is 15.7 Å². The van der Waals surface area contributed by atoms with E-state index in [9.17, 15) is 0 Å². The van der Waals surface area contributed by atoms with E-state index >= 15 is 0 Å². The molecule has 0 saturated heterocycles. The van der Waals surface area contributed by atoms with Crippen LogP contribution in [0, 0.1) is 0 Å². The summed E-state index contributed by atoms with van der Waals surface area (Å²) in [5, 5.41) is 7.12. The van der Waals surface area contributed by atoms with Gasteiger partial charge in [-0.15, -0.1) is 0 Å². The van der Waals surface area contributed by atoms with Crippen molar-refractivity contribution in [3.63, 3.8) is 0 Å². The van der Waals surface area contributed by atoms with E-state index in [1.807, 2.05) is 0 Å². The quantitative estimate of drug-likeness (QED) is 0.152. The van der Waals surface area contributed by atoms with Crippen molar-refractivity contribution in [1.82, 2.24) is 0 Å². The summed E-state index contributed by atoms with van der Waals surface area (Å²) in [5.74, 6) is 1.70. The zero-order chi connectivity index (χ0) is 37.7. The molecule has 11 rings (SSSR count). The van der Waals surface area contributed by atoms with Gasteiger partial charge in [0.25, 0.3) is 0 Å². The monoisotopic (exact) mass is 728 g/mol. The van der Waals surface area contributed by atoms with Gasteiger partial charge >= 0.3 is 0 Å². The van der Waals surface area contributed by atoms with Crippen molar-refractivity contribution in [2.75, 3.05) is 9.80 Å². The van der Waals surface area contributed by atoms with Gasteiger partial charge in [0.15, 0.2) is 0 Å². The molecular formula is C54H36N2O. The van der Waals surface area contributed by atoms with Crippen molar-refractivity contribution in [2.45, 2.75) is 0 Å². The number of fused-ring (bicyclic) bond motifs is 6. The fourth-order valence-corrected chi connectivity index (χ4v) is 8.68. The van der Waals surface area contributed by atoms with Crippen molar-refractivity contribution >= 4 is 66.4 Å². The van der Waals surface area contributed by atoms with Crippen molar-refractivity contribution in [3.05, 3.63) is 218 Å². The first-order valence-electron chi connectivity index (χ1n) is 19.4. The van der Waals surface area contributed by atoms with E-state index in [0.717, 1.165) is 62.1 Å². The molecule has 268 valence electrons. The molecule has 0 saturated carbocycles.